The Bertz CT molecular complexity index is 905. The average Bonchev–Trinajstić information content (AvgIpc) is 2.77. The number of rotatable bonds is 5. The first-order valence-electron chi connectivity index (χ1n) is 10.4. The van der Waals surface area contributed by atoms with E-state index in [9.17, 15) is 9.59 Å². The summed E-state index contributed by atoms with van der Waals surface area (Å²) in [7, 11) is 3.05. The second-order valence-electron chi connectivity index (χ2n) is 8.57. The van der Waals surface area contributed by atoms with Gasteiger partial charge in [0.25, 0.3) is 5.91 Å². The summed E-state index contributed by atoms with van der Waals surface area (Å²) in [6.45, 7) is 8.85. The van der Waals surface area contributed by atoms with E-state index in [0.717, 1.165) is 18.8 Å². The predicted octanol–water partition coefficient (Wildman–Crippen LogP) is 3.65. The molecule has 0 bridgehead atoms. The summed E-state index contributed by atoms with van der Waals surface area (Å²) >= 11 is 0. The molecule has 0 spiro atoms. The van der Waals surface area contributed by atoms with Crippen molar-refractivity contribution in [1.82, 2.24) is 4.90 Å². The van der Waals surface area contributed by atoms with E-state index in [-0.39, 0.29) is 17.2 Å². The molecule has 0 unspecified atom stereocenters. The van der Waals surface area contributed by atoms with Gasteiger partial charge in [-0.15, -0.1) is 0 Å². The highest BCUT2D eigenvalue weighted by atomic mass is 16.5. The van der Waals surface area contributed by atoms with Crippen LogP contribution in [0.3, 0.4) is 0 Å². The van der Waals surface area contributed by atoms with Crippen molar-refractivity contribution >= 4 is 23.2 Å². The standard InChI is InChI=1S/C24H31N3O4/c1-24(2,3)23(29)27-15-13-26(14-16-27)18-11-9-17(10-12-18)25-22(28)21-19(30-4)7-6-8-20(21)31-5/h6-12H,13-16H2,1-5H3,(H,25,28). The van der Waals surface area contributed by atoms with Crippen molar-refractivity contribution in [2.24, 2.45) is 5.41 Å². The highest BCUT2D eigenvalue weighted by Crippen LogP contribution is 2.29. The van der Waals surface area contributed by atoms with E-state index in [1.54, 1.807) is 18.2 Å². The number of piperazine rings is 1. The van der Waals surface area contributed by atoms with E-state index in [1.165, 1.54) is 14.2 Å². The molecule has 1 aliphatic heterocycles. The Morgan fingerprint density at radius 3 is 1.90 bits per heavy atom. The first kappa shape index (κ1) is 22.5. The number of hydrogen-bond acceptors (Lipinski definition) is 5. The molecule has 1 heterocycles. The number of nitrogens with zero attached hydrogens (tertiary/aromatic N) is 2. The second kappa shape index (κ2) is 9.29. The molecule has 1 N–H and O–H groups in total. The zero-order valence-corrected chi connectivity index (χ0v) is 18.9. The highest BCUT2D eigenvalue weighted by molar-refractivity contribution is 6.08. The third-order valence-electron chi connectivity index (χ3n) is 5.35. The molecular formula is C24H31N3O4. The molecule has 2 amide bonds. The minimum Gasteiger partial charge on any atom is -0.496 e. The van der Waals surface area contributed by atoms with Gasteiger partial charge in [-0.2, -0.15) is 0 Å². The molecule has 0 aliphatic carbocycles. The van der Waals surface area contributed by atoms with E-state index in [0.29, 0.717) is 35.8 Å². The molecule has 0 radical (unpaired) electrons. The van der Waals surface area contributed by atoms with Crippen LogP contribution in [0.1, 0.15) is 31.1 Å². The normalized spacial score (nSPS) is 14.2. The fourth-order valence-corrected chi connectivity index (χ4v) is 3.67. The molecule has 1 aliphatic rings. The fraction of sp³-hybridized carbons (Fsp3) is 0.417. The van der Waals surface area contributed by atoms with Gasteiger partial charge in [-0.3, -0.25) is 9.59 Å². The van der Waals surface area contributed by atoms with Gasteiger partial charge in [0.05, 0.1) is 14.2 Å². The quantitative estimate of drug-likeness (QED) is 0.792. The lowest BCUT2D eigenvalue weighted by molar-refractivity contribution is -0.139. The number of benzene rings is 2. The van der Waals surface area contributed by atoms with E-state index in [4.69, 9.17) is 9.47 Å². The summed E-state index contributed by atoms with van der Waals surface area (Å²) in [5.41, 5.74) is 1.75. The Labute approximate surface area is 183 Å². The predicted molar refractivity (Wildman–Crippen MR) is 122 cm³/mol. The maximum atomic E-state index is 12.8. The minimum atomic E-state index is -0.355. The number of ether oxygens (including phenoxy) is 2. The van der Waals surface area contributed by atoms with Crippen LogP contribution in [0.4, 0.5) is 11.4 Å². The molecule has 31 heavy (non-hydrogen) atoms. The maximum absolute atomic E-state index is 12.8. The number of amides is 2. The Balaban J connectivity index is 1.64. The zero-order valence-electron chi connectivity index (χ0n) is 18.9. The van der Waals surface area contributed by atoms with Crippen LogP contribution in [0.15, 0.2) is 42.5 Å². The van der Waals surface area contributed by atoms with Crippen molar-refractivity contribution in [3.8, 4) is 11.5 Å². The summed E-state index contributed by atoms with van der Waals surface area (Å²) in [4.78, 5) is 29.5. The second-order valence-corrected chi connectivity index (χ2v) is 8.57. The van der Waals surface area contributed by atoms with Gasteiger partial charge in [-0.25, -0.2) is 0 Å². The lowest BCUT2D eigenvalue weighted by atomic mass is 9.94. The molecule has 3 rings (SSSR count). The van der Waals surface area contributed by atoms with Gasteiger partial charge in [0.15, 0.2) is 0 Å². The van der Waals surface area contributed by atoms with Crippen molar-refractivity contribution in [2.75, 3.05) is 50.6 Å². The molecule has 7 nitrogen and oxygen atoms in total. The topological polar surface area (TPSA) is 71.1 Å². The number of carbonyl (C=O) groups excluding carboxylic acids is 2. The molecule has 2 aromatic carbocycles. The van der Waals surface area contributed by atoms with E-state index < -0.39 is 0 Å². The van der Waals surface area contributed by atoms with Crippen LogP contribution in [-0.4, -0.2) is 57.1 Å². The summed E-state index contributed by atoms with van der Waals surface area (Å²) in [5.74, 6) is 0.806. The lowest BCUT2D eigenvalue weighted by Gasteiger charge is -2.38. The molecule has 0 saturated carbocycles. The third-order valence-corrected chi connectivity index (χ3v) is 5.35. The molecule has 1 fully saturated rings. The average molecular weight is 426 g/mol. The van der Waals surface area contributed by atoms with Gasteiger partial charge in [-0.05, 0) is 36.4 Å². The van der Waals surface area contributed by atoms with E-state index >= 15 is 0 Å². The van der Waals surface area contributed by atoms with Crippen molar-refractivity contribution in [3.05, 3.63) is 48.0 Å². The number of nitrogens with one attached hydrogen (secondary N) is 1. The van der Waals surface area contributed by atoms with E-state index in [1.807, 2.05) is 49.9 Å². The molecule has 0 aromatic heterocycles. The van der Waals surface area contributed by atoms with Gasteiger partial charge in [0.1, 0.15) is 17.1 Å². The van der Waals surface area contributed by atoms with Crippen molar-refractivity contribution < 1.29 is 19.1 Å². The van der Waals surface area contributed by atoms with Gasteiger partial charge in [-0.1, -0.05) is 26.8 Å². The van der Waals surface area contributed by atoms with Gasteiger partial charge >= 0.3 is 0 Å². The fourth-order valence-electron chi connectivity index (χ4n) is 3.67. The lowest BCUT2D eigenvalue weighted by Crippen LogP contribution is -2.51. The minimum absolute atomic E-state index is 0.192. The maximum Gasteiger partial charge on any atom is 0.263 e. The molecule has 166 valence electrons. The summed E-state index contributed by atoms with van der Waals surface area (Å²) in [5, 5.41) is 2.91. The monoisotopic (exact) mass is 425 g/mol. The summed E-state index contributed by atoms with van der Waals surface area (Å²) in [6, 6.07) is 12.9. The smallest absolute Gasteiger partial charge is 0.263 e. The Hall–Kier alpha value is -3.22. The van der Waals surface area contributed by atoms with Gasteiger partial charge in [0.2, 0.25) is 5.91 Å². The van der Waals surface area contributed by atoms with Crippen molar-refractivity contribution in [1.29, 1.82) is 0 Å². The first-order valence-corrected chi connectivity index (χ1v) is 10.4. The SMILES string of the molecule is COc1cccc(OC)c1C(=O)Nc1ccc(N2CCN(C(=O)C(C)(C)C)CC2)cc1. The van der Waals surface area contributed by atoms with Crippen LogP contribution in [0.2, 0.25) is 0 Å². The molecule has 7 heteroatoms. The van der Waals surface area contributed by atoms with Crippen LogP contribution in [0.25, 0.3) is 0 Å². The van der Waals surface area contributed by atoms with Crippen LogP contribution >= 0.6 is 0 Å². The van der Waals surface area contributed by atoms with Crippen molar-refractivity contribution in [3.63, 3.8) is 0 Å². The molecule has 0 atom stereocenters. The number of hydrogen-bond donors (Lipinski definition) is 1. The summed E-state index contributed by atoms with van der Waals surface area (Å²) < 4.78 is 10.6. The largest absolute Gasteiger partial charge is 0.496 e. The first-order chi connectivity index (χ1) is 14.7. The molecule has 2 aromatic rings. The molecular weight excluding hydrogens is 394 g/mol. The Morgan fingerprint density at radius 2 is 1.42 bits per heavy atom. The number of anilines is 2. The summed E-state index contributed by atoms with van der Waals surface area (Å²) in [6.07, 6.45) is 0. The van der Waals surface area contributed by atoms with Crippen molar-refractivity contribution in [2.45, 2.75) is 20.8 Å². The zero-order chi connectivity index (χ0) is 22.6. The van der Waals surface area contributed by atoms with Gasteiger partial charge < -0.3 is 24.6 Å². The third kappa shape index (κ3) is 5.10. The number of methoxy groups -OCH3 is 2. The van der Waals surface area contributed by atoms with Crippen LogP contribution in [0.5, 0.6) is 11.5 Å². The Kier molecular flexibility index (Phi) is 6.73. The van der Waals surface area contributed by atoms with Gasteiger partial charge in [0, 0.05) is 43.0 Å². The molecule has 1 saturated heterocycles. The highest BCUT2D eigenvalue weighted by Gasteiger charge is 2.29. The van der Waals surface area contributed by atoms with Crippen LogP contribution in [0, 0.1) is 5.41 Å². The number of carbonyl (C=O) groups is 2. The van der Waals surface area contributed by atoms with Crippen LogP contribution < -0.4 is 19.7 Å². The van der Waals surface area contributed by atoms with Crippen LogP contribution in [-0.2, 0) is 4.79 Å². The Morgan fingerprint density at radius 1 is 0.871 bits per heavy atom. The van der Waals surface area contributed by atoms with E-state index in [2.05, 4.69) is 10.2 Å².